The van der Waals surface area contributed by atoms with Crippen LogP contribution in [0.25, 0.3) is 0 Å². The molecule has 3 atom stereocenters. The lowest BCUT2D eigenvalue weighted by atomic mass is 10.1. The fourth-order valence-electron chi connectivity index (χ4n) is 1.68. The molecule has 1 rings (SSSR count). The van der Waals surface area contributed by atoms with Crippen molar-refractivity contribution < 1.29 is 14.6 Å². The Hall–Kier alpha value is -0.650. The van der Waals surface area contributed by atoms with Crippen molar-refractivity contribution in [2.24, 2.45) is 0 Å². The molecule has 5 nitrogen and oxygen atoms in total. The van der Waals surface area contributed by atoms with Crippen molar-refractivity contribution in [3.05, 3.63) is 0 Å². The summed E-state index contributed by atoms with van der Waals surface area (Å²) < 4.78 is 5.00. The van der Waals surface area contributed by atoms with E-state index in [-0.39, 0.29) is 18.0 Å². The number of carbonyl (C=O) groups excluding carboxylic acids is 1. The van der Waals surface area contributed by atoms with Gasteiger partial charge < -0.3 is 20.5 Å². The Bertz CT molecular complexity index is 211. The molecule has 3 N–H and O–H groups in total. The molecule has 15 heavy (non-hydrogen) atoms. The highest BCUT2D eigenvalue weighted by Gasteiger charge is 2.28. The third kappa shape index (κ3) is 3.77. The van der Waals surface area contributed by atoms with Gasteiger partial charge in [0.05, 0.1) is 24.8 Å². The van der Waals surface area contributed by atoms with Gasteiger partial charge in [0.25, 0.3) is 0 Å². The maximum atomic E-state index is 11.7. The fraction of sp³-hybridized carbons (Fsp3) is 0.900. The van der Waals surface area contributed by atoms with Crippen molar-refractivity contribution in [1.29, 1.82) is 0 Å². The summed E-state index contributed by atoms with van der Waals surface area (Å²) in [6, 6.07) is -0.201. The molecular weight excluding hydrogens is 196 g/mol. The van der Waals surface area contributed by atoms with Gasteiger partial charge in [-0.15, -0.1) is 0 Å². The van der Waals surface area contributed by atoms with Gasteiger partial charge in [0.1, 0.15) is 0 Å². The van der Waals surface area contributed by atoms with Crippen LogP contribution in [0.5, 0.6) is 0 Å². The van der Waals surface area contributed by atoms with E-state index in [0.29, 0.717) is 19.6 Å². The summed E-state index contributed by atoms with van der Waals surface area (Å²) in [5.74, 6) is -0.0459. The lowest BCUT2D eigenvalue weighted by molar-refractivity contribution is -0.124. The lowest BCUT2D eigenvalue weighted by Gasteiger charge is -2.18. The Morgan fingerprint density at radius 2 is 2.47 bits per heavy atom. The van der Waals surface area contributed by atoms with E-state index in [1.807, 2.05) is 6.92 Å². The molecule has 0 aromatic carbocycles. The molecule has 1 amide bonds. The van der Waals surface area contributed by atoms with Crippen LogP contribution in [0, 0.1) is 0 Å². The van der Waals surface area contributed by atoms with Gasteiger partial charge in [-0.25, -0.2) is 0 Å². The zero-order valence-electron chi connectivity index (χ0n) is 9.32. The van der Waals surface area contributed by atoms with Gasteiger partial charge in [0, 0.05) is 13.7 Å². The predicted molar refractivity (Wildman–Crippen MR) is 56.5 cm³/mol. The SMILES string of the molecule is CCC(COC)NC(=O)C1CC(O)CN1. The van der Waals surface area contributed by atoms with Gasteiger partial charge in [-0.1, -0.05) is 6.92 Å². The van der Waals surface area contributed by atoms with Gasteiger partial charge in [-0.2, -0.15) is 0 Å². The Morgan fingerprint density at radius 3 is 2.93 bits per heavy atom. The van der Waals surface area contributed by atoms with E-state index in [0.717, 1.165) is 6.42 Å². The number of nitrogens with one attached hydrogen (secondary N) is 2. The predicted octanol–water partition coefficient (Wildman–Crippen LogP) is -0.750. The highest BCUT2D eigenvalue weighted by Crippen LogP contribution is 2.06. The number of β-amino-alcohol motifs (C(OH)–C–C–N with tert-alkyl or cyclic N) is 1. The van der Waals surface area contributed by atoms with Crippen molar-refractivity contribution in [3.8, 4) is 0 Å². The Kier molecular flexibility index (Phi) is 5.01. The van der Waals surface area contributed by atoms with Crippen LogP contribution in [0.4, 0.5) is 0 Å². The number of aliphatic hydroxyl groups is 1. The number of amides is 1. The van der Waals surface area contributed by atoms with E-state index in [2.05, 4.69) is 10.6 Å². The lowest BCUT2D eigenvalue weighted by Crippen LogP contribution is -2.46. The van der Waals surface area contributed by atoms with Crippen LogP contribution in [0.2, 0.25) is 0 Å². The monoisotopic (exact) mass is 216 g/mol. The number of ether oxygens (including phenoxy) is 1. The highest BCUT2D eigenvalue weighted by molar-refractivity contribution is 5.82. The number of hydrogen-bond acceptors (Lipinski definition) is 4. The van der Waals surface area contributed by atoms with E-state index in [1.54, 1.807) is 7.11 Å². The van der Waals surface area contributed by atoms with E-state index in [4.69, 9.17) is 4.74 Å². The van der Waals surface area contributed by atoms with Crippen LogP contribution in [0.3, 0.4) is 0 Å². The molecule has 0 spiro atoms. The Labute approximate surface area is 90.2 Å². The minimum absolute atomic E-state index is 0.0459. The van der Waals surface area contributed by atoms with Gasteiger partial charge in [-0.3, -0.25) is 4.79 Å². The van der Waals surface area contributed by atoms with Gasteiger partial charge >= 0.3 is 0 Å². The summed E-state index contributed by atoms with van der Waals surface area (Å²) in [7, 11) is 1.62. The third-order valence-electron chi connectivity index (χ3n) is 2.63. The average Bonchev–Trinajstić information content (AvgIpc) is 2.64. The second kappa shape index (κ2) is 6.05. The fourth-order valence-corrected chi connectivity index (χ4v) is 1.68. The van der Waals surface area contributed by atoms with Crippen molar-refractivity contribution in [2.75, 3.05) is 20.3 Å². The standard InChI is InChI=1S/C10H20N2O3/c1-3-7(6-15-2)12-10(14)9-4-8(13)5-11-9/h7-9,11,13H,3-6H2,1-2H3,(H,12,14). The first-order chi connectivity index (χ1) is 7.17. The largest absolute Gasteiger partial charge is 0.392 e. The molecule has 0 aliphatic carbocycles. The van der Waals surface area contributed by atoms with Crippen LogP contribution >= 0.6 is 0 Å². The number of carbonyl (C=O) groups is 1. The minimum atomic E-state index is -0.400. The van der Waals surface area contributed by atoms with Crippen molar-refractivity contribution >= 4 is 5.91 Å². The molecule has 1 saturated heterocycles. The molecule has 0 radical (unpaired) electrons. The number of rotatable bonds is 5. The first-order valence-electron chi connectivity index (χ1n) is 5.38. The molecule has 0 saturated carbocycles. The van der Waals surface area contributed by atoms with Gasteiger partial charge in [-0.05, 0) is 12.8 Å². The maximum absolute atomic E-state index is 11.7. The van der Waals surface area contributed by atoms with Crippen molar-refractivity contribution in [3.63, 3.8) is 0 Å². The summed E-state index contributed by atoms with van der Waals surface area (Å²) >= 11 is 0. The molecule has 5 heteroatoms. The van der Waals surface area contributed by atoms with E-state index in [9.17, 15) is 9.90 Å². The average molecular weight is 216 g/mol. The van der Waals surface area contributed by atoms with Gasteiger partial charge in [0.15, 0.2) is 0 Å². The third-order valence-corrected chi connectivity index (χ3v) is 2.63. The summed E-state index contributed by atoms with van der Waals surface area (Å²) in [6.07, 6.45) is 0.938. The number of methoxy groups -OCH3 is 1. The van der Waals surface area contributed by atoms with Crippen LogP contribution in [-0.4, -0.2) is 49.5 Å². The first kappa shape index (κ1) is 12.4. The summed E-state index contributed by atoms with van der Waals surface area (Å²) in [4.78, 5) is 11.7. The quantitative estimate of drug-likeness (QED) is 0.565. The molecule has 1 aliphatic rings. The van der Waals surface area contributed by atoms with Crippen LogP contribution in [0.15, 0.2) is 0 Å². The van der Waals surface area contributed by atoms with E-state index < -0.39 is 6.10 Å². The smallest absolute Gasteiger partial charge is 0.237 e. The topological polar surface area (TPSA) is 70.6 Å². The van der Waals surface area contributed by atoms with Crippen LogP contribution < -0.4 is 10.6 Å². The highest BCUT2D eigenvalue weighted by atomic mass is 16.5. The molecule has 0 bridgehead atoms. The molecule has 1 fully saturated rings. The van der Waals surface area contributed by atoms with Crippen LogP contribution in [0.1, 0.15) is 19.8 Å². The maximum Gasteiger partial charge on any atom is 0.237 e. The number of aliphatic hydroxyl groups excluding tert-OH is 1. The molecule has 88 valence electrons. The normalized spacial score (nSPS) is 27.7. The molecule has 3 unspecified atom stereocenters. The molecule has 0 aromatic heterocycles. The molecule has 1 heterocycles. The minimum Gasteiger partial charge on any atom is -0.392 e. The Morgan fingerprint density at radius 1 is 1.73 bits per heavy atom. The summed E-state index contributed by atoms with van der Waals surface area (Å²) in [5, 5.41) is 15.1. The molecule has 1 aliphatic heterocycles. The Balaban J connectivity index is 2.33. The van der Waals surface area contributed by atoms with E-state index >= 15 is 0 Å². The van der Waals surface area contributed by atoms with Crippen molar-refractivity contribution in [2.45, 2.75) is 38.0 Å². The van der Waals surface area contributed by atoms with Crippen molar-refractivity contribution in [1.82, 2.24) is 10.6 Å². The zero-order valence-corrected chi connectivity index (χ0v) is 9.32. The molecule has 0 aromatic rings. The zero-order chi connectivity index (χ0) is 11.3. The second-order valence-corrected chi connectivity index (χ2v) is 3.92. The second-order valence-electron chi connectivity index (χ2n) is 3.92. The number of hydrogen-bond donors (Lipinski definition) is 3. The molecular formula is C10H20N2O3. The summed E-state index contributed by atoms with van der Waals surface area (Å²) in [6.45, 7) is 3.03. The first-order valence-corrected chi connectivity index (χ1v) is 5.38. The van der Waals surface area contributed by atoms with E-state index in [1.165, 1.54) is 0 Å². The van der Waals surface area contributed by atoms with Crippen LogP contribution in [-0.2, 0) is 9.53 Å². The summed E-state index contributed by atoms with van der Waals surface area (Å²) in [5.41, 5.74) is 0. The van der Waals surface area contributed by atoms with Gasteiger partial charge in [0.2, 0.25) is 5.91 Å².